The molecule has 0 radical (unpaired) electrons. The first-order valence-electron chi connectivity index (χ1n) is 8.38. The van der Waals surface area contributed by atoms with Crippen molar-refractivity contribution in [3.8, 4) is 0 Å². The third-order valence-electron chi connectivity index (χ3n) is 4.32. The molecule has 0 aliphatic carbocycles. The van der Waals surface area contributed by atoms with Gasteiger partial charge in [-0.05, 0) is 45.7 Å². The van der Waals surface area contributed by atoms with Crippen LogP contribution in [0.2, 0.25) is 0 Å². The molecule has 0 aromatic heterocycles. The van der Waals surface area contributed by atoms with Gasteiger partial charge in [0.1, 0.15) is 5.56 Å². The summed E-state index contributed by atoms with van der Waals surface area (Å²) in [5, 5.41) is 14.5. The Balaban J connectivity index is 2.10. The minimum Gasteiger partial charge on any atom is -0.462 e. The summed E-state index contributed by atoms with van der Waals surface area (Å²) in [6.07, 6.45) is 2.01. The SMILES string of the molecule is CCOC(=O)c1cc(NC2CCN(C(C)C)CC2)ccc1[N+](=O)[O-]. The van der Waals surface area contributed by atoms with Crippen LogP contribution in [-0.4, -0.2) is 47.6 Å². The van der Waals surface area contributed by atoms with Gasteiger partial charge in [0, 0.05) is 36.9 Å². The first kappa shape index (κ1) is 18.2. The number of carbonyl (C=O) groups excluding carboxylic acids is 1. The number of nitrogens with zero attached hydrogens (tertiary/aromatic N) is 2. The van der Waals surface area contributed by atoms with Crippen LogP contribution in [0.5, 0.6) is 0 Å². The smallest absolute Gasteiger partial charge is 0.345 e. The van der Waals surface area contributed by atoms with E-state index in [0.29, 0.717) is 17.8 Å². The molecule has 0 amide bonds. The van der Waals surface area contributed by atoms with Crippen LogP contribution in [0.4, 0.5) is 11.4 Å². The van der Waals surface area contributed by atoms with Crippen LogP contribution in [0, 0.1) is 10.1 Å². The van der Waals surface area contributed by atoms with E-state index in [4.69, 9.17) is 4.74 Å². The van der Waals surface area contributed by atoms with Crippen LogP contribution in [0.25, 0.3) is 0 Å². The van der Waals surface area contributed by atoms with Crippen molar-refractivity contribution in [2.45, 2.75) is 45.7 Å². The molecule has 132 valence electrons. The van der Waals surface area contributed by atoms with Crippen LogP contribution < -0.4 is 5.32 Å². The van der Waals surface area contributed by atoms with E-state index in [1.165, 1.54) is 12.1 Å². The topological polar surface area (TPSA) is 84.7 Å². The normalized spacial score (nSPS) is 16.2. The number of nitro groups is 1. The van der Waals surface area contributed by atoms with E-state index in [2.05, 4.69) is 24.1 Å². The Kier molecular flexibility index (Phi) is 6.14. The van der Waals surface area contributed by atoms with Crippen LogP contribution in [-0.2, 0) is 4.74 Å². The highest BCUT2D eigenvalue weighted by Crippen LogP contribution is 2.25. The number of piperidine rings is 1. The highest BCUT2D eigenvalue weighted by molar-refractivity contribution is 5.95. The average Bonchev–Trinajstić information content (AvgIpc) is 2.55. The lowest BCUT2D eigenvalue weighted by Gasteiger charge is -2.35. The van der Waals surface area contributed by atoms with E-state index in [-0.39, 0.29) is 17.9 Å². The molecule has 1 aromatic rings. The van der Waals surface area contributed by atoms with Gasteiger partial charge >= 0.3 is 5.97 Å². The maximum atomic E-state index is 12.0. The summed E-state index contributed by atoms with van der Waals surface area (Å²) >= 11 is 0. The summed E-state index contributed by atoms with van der Waals surface area (Å²) in [6.45, 7) is 8.28. The van der Waals surface area contributed by atoms with Crippen LogP contribution in [0.1, 0.15) is 44.0 Å². The number of anilines is 1. The van der Waals surface area contributed by atoms with Crippen LogP contribution in [0.15, 0.2) is 18.2 Å². The van der Waals surface area contributed by atoms with Crippen molar-refractivity contribution in [1.82, 2.24) is 4.90 Å². The third-order valence-corrected chi connectivity index (χ3v) is 4.32. The fourth-order valence-electron chi connectivity index (χ4n) is 2.95. The summed E-state index contributed by atoms with van der Waals surface area (Å²) in [7, 11) is 0. The van der Waals surface area contributed by atoms with Crippen molar-refractivity contribution in [3.05, 3.63) is 33.9 Å². The lowest BCUT2D eigenvalue weighted by Crippen LogP contribution is -2.42. The van der Waals surface area contributed by atoms with E-state index in [1.54, 1.807) is 13.0 Å². The lowest BCUT2D eigenvalue weighted by molar-refractivity contribution is -0.385. The van der Waals surface area contributed by atoms with Gasteiger partial charge in [0.05, 0.1) is 11.5 Å². The van der Waals surface area contributed by atoms with Gasteiger partial charge in [-0.25, -0.2) is 4.79 Å². The number of nitrogens with one attached hydrogen (secondary N) is 1. The molecule has 1 aromatic carbocycles. The van der Waals surface area contributed by atoms with Crippen molar-refractivity contribution in [1.29, 1.82) is 0 Å². The molecule has 1 aliphatic heterocycles. The fourth-order valence-corrected chi connectivity index (χ4v) is 2.95. The predicted octanol–water partition coefficient (Wildman–Crippen LogP) is 3.06. The molecule has 24 heavy (non-hydrogen) atoms. The number of benzene rings is 1. The number of rotatable bonds is 6. The molecule has 1 N–H and O–H groups in total. The molecular weight excluding hydrogens is 310 g/mol. The molecule has 1 aliphatic rings. The van der Waals surface area contributed by atoms with Gasteiger partial charge in [-0.2, -0.15) is 0 Å². The summed E-state index contributed by atoms with van der Waals surface area (Å²) < 4.78 is 4.93. The van der Waals surface area contributed by atoms with Crippen molar-refractivity contribution < 1.29 is 14.5 Å². The predicted molar refractivity (Wildman–Crippen MR) is 92.4 cm³/mol. The minimum absolute atomic E-state index is 0.00790. The standard InChI is InChI=1S/C17H25N3O4/c1-4-24-17(21)15-11-14(5-6-16(15)20(22)23)18-13-7-9-19(10-8-13)12(2)3/h5-6,11-13,18H,4,7-10H2,1-3H3. The Morgan fingerprint density at radius 1 is 1.42 bits per heavy atom. The van der Waals surface area contributed by atoms with Gasteiger partial charge < -0.3 is 15.0 Å². The van der Waals surface area contributed by atoms with Crippen LogP contribution in [0.3, 0.4) is 0 Å². The Hall–Kier alpha value is -2.15. The molecule has 0 spiro atoms. The Morgan fingerprint density at radius 3 is 2.62 bits per heavy atom. The van der Waals surface area contributed by atoms with Crippen molar-refractivity contribution >= 4 is 17.3 Å². The van der Waals surface area contributed by atoms with Crippen molar-refractivity contribution in [2.24, 2.45) is 0 Å². The van der Waals surface area contributed by atoms with Gasteiger partial charge in [-0.3, -0.25) is 10.1 Å². The molecule has 7 nitrogen and oxygen atoms in total. The second-order valence-electron chi connectivity index (χ2n) is 6.26. The molecule has 0 saturated carbocycles. The number of likely N-dealkylation sites (tertiary alicyclic amines) is 1. The van der Waals surface area contributed by atoms with E-state index in [1.807, 2.05) is 0 Å². The maximum absolute atomic E-state index is 12.0. The van der Waals surface area contributed by atoms with E-state index < -0.39 is 10.9 Å². The number of esters is 1. The molecule has 0 bridgehead atoms. The molecule has 0 unspecified atom stereocenters. The van der Waals surface area contributed by atoms with Gasteiger partial charge in [-0.1, -0.05) is 0 Å². The maximum Gasteiger partial charge on any atom is 0.345 e. The monoisotopic (exact) mass is 335 g/mol. The minimum atomic E-state index is -0.664. The lowest BCUT2D eigenvalue weighted by atomic mass is 10.0. The zero-order valence-corrected chi connectivity index (χ0v) is 14.4. The third kappa shape index (κ3) is 4.44. The number of hydrogen-bond acceptors (Lipinski definition) is 6. The first-order valence-corrected chi connectivity index (χ1v) is 8.38. The van der Waals surface area contributed by atoms with Crippen molar-refractivity contribution in [2.75, 3.05) is 25.0 Å². The van der Waals surface area contributed by atoms with E-state index in [9.17, 15) is 14.9 Å². The second kappa shape index (κ2) is 8.10. The Bertz CT molecular complexity index is 595. The van der Waals surface area contributed by atoms with Gasteiger partial charge in [0.25, 0.3) is 5.69 Å². The highest BCUT2D eigenvalue weighted by Gasteiger charge is 2.24. The second-order valence-corrected chi connectivity index (χ2v) is 6.26. The largest absolute Gasteiger partial charge is 0.462 e. The fraction of sp³-hybridized carbons (Fsp3) is 0.588. The molecule has 7 heteroatoms. The quantitative estimate of drug-likeness (QED) is 0.488. The zero-order valence-electron chi connectivity index (χ0n) is 14.4. The molecule has 1 fully saturated rings. The summed E-state index contributed by atoms with van der Waals surface area (Å²) in [6, 6.07) is 5.37. The highest BCUT2D eigenvalue weighted by atomic mass is 16.6. The Morgan fingerprint density at radius 2 is 2.08 bits per heavy atom. The molecule has 0 atom stereocenters. The number of hydrogen-bond donors (Lipinski definition) is 1. The number of carbonyl (C=O) groups is 1. The first-order chi connectivity index (χ1) is 11.4. The van der Waals surface area contributed by atoms with Gasteiger partial charge in [-0.15, -0.1) is 0 Å². The summed E-state index contributed by atoms with van der Waals surface area (Å²) in [4.78, 5) is 24.9. The zero-order chi connectivity index (χ0) is 17.7. The molecule has 1 heterocycles. The number of ether oxygens (including phenoxy) is 1. The van der Waals surface area contributed by atoms with E-state index >= 15 is 0 Å². The van der Waals surface area contributed by atoms with Gasteiger partial charge in [0.15, 0.2) is 0 Å². The van der Waals surface area contributed by atoms with E-state index in [0.717, 1.165) is 25.9 Å². The van der Waals surface area contributed by atoms with Crippen molar-refractivity contribution in [3.63, 3.8) is 0 Å². The van der Waals surface area contributed by atoms with Gasteiger partial charge in [0.2, 0.25) is 0 Å². The molecule has 1 saturated heterocycles. The summed E-state index contributed by atoms with van der Waals surface area (Å²) in [5.74, 6) is -0.664. The van der Waals surface area contributed by atoms with Crippen LogP contribution >= 0.6 is 0 Å². The average molecular weight is 335 g/mol. The molecule has 2 rings (SSSR count). The summed E-state index contributed by atoms with van der Waals surface area (Å²) in [5.41, 5.74) is 0.478. The molecular formula is C17H25N3O4. The Labute approximate surface area is 142 Å². The number of nitro benzene ring substituents is 1.